The van der Waals surface area contributed by atoms with E-state index in [2.05, 4.69) is 9.82 Å². The molecule has 1 atom stereocenters. The van der Waals surface area contributed by atoms with Crippen LogP contribution in [0.3, 0.4) is 0 Å². The monoisotopic (exact) mass is 316 g/mol. The number of hydrogen-bond acceptors (Lipinski definition) is 4. The molecule has 0 saturated carbocycles. The summed E-state index contributed by atoms with van der Waals surface area (Å²) in [5.41, 5.74) is 1.03. The Morgan fingerprint density at radius 1 is 1.52 bits per heavy atom. The zero-order chi connectivity index (χ0) is 15.6. The fraction of sp³-hybridized carbons (Fsp3) is 0.667. The largest absolute Gasteiger partial charge is 0.480 e. The van der Waals surface area contributed by atoms with E-state index in [0.717, 1.165) is 10.7 Å². The fourth-order valence-corrected chi connectivity index (χ4v) is 3.98. The standard InChI is InChI=1S/C12H20N4O4S/c1-3-9-10(8-15(2)13-9)14-21(19,20)16-7-5-4-6-11(16)12(17)18/h8,11,14H,3-7H2,1-2H3,(H,17,18). The van der Waals surface area contributed by atoms with Crippen molar-refractivity contribution in [2.75, 3.05) is 11.3 Å². The lowest BCUT2D eigenvalue weighted by Crippen LogP contribution is -2.50. The van der Waals surface area contributed by atoms with Crippen molar-refractivity contribution >= 4 is 21.9 Å². The first kappa shape index (κ1) is 15.8. The average molecular weight is 316 g/mol. The quantitative estimate of drug-likeness (QED) is 0.826. The van der Waals surface area contributed by atoms with Crippen LogP contribution in [0.15, 0.2) is 6.20 Å². The molecular weight excluding hydrogens is 296 g/mol. The second-order valence-corrected chi connectivity index (χ2v) is 6.71. The zero-order valence-corrected chi connectivity index (χ0v) is 12.9. The van der Waals surface area contributed by atoms with Crippen LogP contribution in [-0.4, -0.2) is 46.2 Å². The number of rotatable bonds is 5. The second kappa shape index (κ2) is 6.02. The minimum atomic E-state index is -3.90. The maximum Gasteiger partial charge on any atom is 0.322 e. The van der Waals surface area contributed by atoms with Crippen molar-refractivity contribution in [1.82, 2.24) is 14.1 Å². The molecule has 118 valence electrons. The molecule has 2 rings (SSSR count). The Morgan fingerprint density at radius 2 is 2.24 bits per heavy atom. The highest BCUT2D eigenvalue weighted by Crippen LogP contribution is 2.23. The Hall–Kier alpha value is -1.61. The Balaban J connectivity index is 2.26. The van der Waals surface area contributed by atoms with Crippen molar-refractivity contribution < 1.29 is 18.3 Å². The van der Waals surface area contributed by atoms with Gasteiger partial charge >= 0.3 is 16.2 Å². The molecule has 1 aromatic rings. The van der Waals surface area contributed by atoms with E-state index in [-0.39, 0.29) is 6.54 Å². The summed E-state index contributed by atoms with van der Waals surface area (Å²) in [6.07, 6.45) is 3.88. The topological polar surface area (TPSA) is 105 Å². The summed E-state index contributed by atoms with van der Waals surface area (Å²) >= 11 is 0. The highest BCUT2D eigenvalue weighted by atomic mass is 32.2. The summed E-state index contributed by atoms with van der Waals surface area (Å²) in [4.78, 5) is 11.2. The van der Waals surface area contributed by atoms with Gasteiger partial charge in [-0.2, -0.15) is 17.8 Å². The Labute approximate surface area is 123 Å². The first-order valence-corrected chi connectivity index (χ1v) is 8.34. The minimum Gasteiger partial charge on any atom is -0.480 e. The molecule has 21 heavy (non-hydrogen) atoms. The maximum absolute atomic E-state index is 12.5. The molecule has 0 radical (unpaired) electrons. The van der Waals surface area contributed by atoms with E-state index in [1.807, 2.05) is 6.92 Å². The number of carboxylic acids is 1. The van der Waals surface area contributed by atoms with E-state index in [4.69, 9.17) is 0 Å². The second-order valence-electron chi connectivity index (χ2n) is 5.08. The zero-order valence-electron chi connectivity index (χ0n) is 12.1. The highest BCUT2D eigenvalue weighted by Gasteiger charge is 2.37. The van der Waals surface area contributed by atoms with Gasteiger partial charge in [0.15, 0.2) is 0 Å². The predicted octanol–water partition coefficient (Wildman–Crippen LogP) is 0.578. The van der Waals surface area contributed by atoms with Crippen LogP contribution in [0.5, 0.6) is 0 Å². The minimum absolute atomic E-state index is 0.216. The van der Waals surface area contributed by atoms with Gasteiger partial charge in [0.05, 0.1) is 11.4 Å². The fourth-order valence-electron chi connectivity index (χ4n) is 2.52. The van der Waals surface area contributed by atoms with Gasteiger partial charge in [-0.25, -0.2) is 0 Å². The molecule has 1 fully saturated rings. The lowest BCUT2D eigenvalue weighted by Gasteiger charge is -2.31. The number of aryl methyl sites for hydroxylation is 2. The van der Waals surface area contributed by atoms with Crippen LogP contribution in [0, 0.1) is 0 Å². The van der Waals surface area contributed by atoms with Crippen molar-refractivity contribution in [1.29, 1.82) is 0 Å². The first-order valence-electron chi connectivity index (χ1n) is 6.90. The number of aliphatic carboxylic acids is 1. The molecule has 1 aliphatic heterocycles. The summed E-state index contributed by atoms with van der Waals surface area (Å²) in [5, 5.41) is 13.4. The average Bonchev–Trinajstić information content (AvgIpc) is 2.78. The summed E-state index contributed by atoms with van der Waals surface area (Å²) in [5.74, 6) is -1.11. The van der Waals surface area contributed by atoms with E-state index in [0.29, 0.717) is 30.6 Å². The lowest BCUT2D eigenvalue weighted by atomic mass is 10.1. The number of nitrogens with one attached hydrogen (secondary N) is 1. The molecule has 1 aliphatic rings. The van der Waals surface area contributed by atoms with Crippen LogP contribution >= 0.6 is 0 Å². The molecule has 1 aromatic heterocycles. The number of hydrogen-bond donors (Lipinski definition) is 2. The van der Waals surface area contributed by atoms with Crippen molar-refractivity contribution in [2.45, 2.75) is 38.6 Å². The van der Waals surface area contributed by atoms with Crippen LogP contribution in [0.4, 0.5) is 5.69 Å². The van der Waals surface area contributed by atoms with Gasteiger partial charge in [0.2, 0.25) is 0 Å². The molecule has 9 heteroatoms. The molecule has 0 spiro atoms. The Morgan fingerprint density at radius 3 is 2.86 bits per heavy atom. The third-order valence-corrected chi connectivity index (χ3v) is 5.06. The Kier molecular flexibility index (Phi) is 4.52. The molecule has 2 N–H and O–H groups in total. The van der Waals surface area contributed by atoms with Crippen LogP contribution in [-0.2, 0) is 28.5 Å². The maximum atomic E-state index is 12.5. The molecule has 0 bridgehead atoms. The van der Waals surface area contributed by atoms with Gasteiger partial charge in [0.1, 0.15) is 6.04 Å². The molecule has 0 aliphatic carbocycles. The van der Waals surface area contributed by atoms with Crippen molar-refractivity contribution in [3.8, 4) is 0 Å². The van der Waals surface area contributed by atoms with E-state index >= 15 is 0 Å². The van der Waals surface area contributed by atoms with Gasteiger partial charge in [-0.3, -0.25) is 14.2 Å². The van der Waals surface area contributed by atoms with E-state index in [1.54, 1.807) is 13.2 Å². The molecular formula is C12H20N4O4S. The SMILES string of the molecule is CCc1nn(C)cc1NS(=O)(=O)N1CCCCC1C(=O)O. The van der Waals surface area contributed by atoms with Gasteiger partial charge in [0.25, 0.3) is 0 Å². The van der Waals surface area contributed by atoms with Crippen molar-refractivity contribution in [2.24, 2.45) is 7.05 Å². The molecule has 0 aromatic carbocycles. The molecule has 1 saturated heterocycles. The first-order chi connectivity index (χ1) is 9.85. The third-order valence-electron chi connectivity index (χ3n) is 3.53. The summed E-state index contributed by atoms with van der Waals surface area (Å²) in [7, 11) is -2.19. The number of nitrogens with zero attached hydrogens (tertiary/aromatic N) is 3. The van der Waals surface area contributed by atoms with E-state index < -0.39 is 22.2 Å². The Bertz CT molecular complexity index is 625. The summed E-state index contributed by atoms with van der Waals surface area (Å²) < 4.78 is 30.0. The van der Waals surface area contributed by atoms with Gasteiger partial charge in [-0.1, -0.05) is 6.92 Å². The number of carbonyl (C=O) groups is 1. The smallest absolute Gasteiger partial charge is 0.322 e. The number of carboxylic acid groups (broad SMARTS) is 1. The number of anilines is 1. The number of piperidine rings is 1. The van der Waals surface area contributed by atoms with Gasteiger partial charge in [-0.15, -0.1) is 0 Å². The normalized spacial score (nSPS) is 20.4. The molecule has 2 heterocycles. The summed E-state index contributed by atoms with van der Waals surface area (Å²) in [6.45, 7) is 2.09. The summed E-state index contributed by atoms with van der Waals surface area (Å²) in [6, 6.07) is -1.00. The van der Waals surface area contributed by atoms with Gasteiger partial charge in [0, 0.05) is 19.8 Å². The third kappa shape index (κ3) is 3.35. The van der Waals surface area contributed by atoms with Crippen LogP contribution < -0.4 is 4.72 Å². The number of aromatic nitrogens is 2. The predicted molar refractivity (Wildman–Crippen MR) is 77.1 cm³/mol. The lowest BCUT2D eigenvalue weighted by molar-refractivity contribution is -0.142. The van der Waals surface area contributed by atoms with E-state index in [1.165, 1.54) is 4.68 Å². The van der Waals surface area contributed by atoms with Crippen LogP contribution in [0.2, 0.25) is 0 Å². The van der Waals surface area contributed by atoms with Crippen LogP contribution in [0.25, 0.3) is 0 Å². The van der Waals surface area contributed by atoms with Gasteiger partial charge in [-0.05, 0) is 25.7 Å². The molecule has 8 nitrogen and oxygen atoms in total. The van der Waals surface area contributed by atoms with Crippen molar-refractivity contribution in [3.05, 3.63) is 11.9 Å². The van der Waals surface area contributed by atoms with Crippen molar-refractivity contribution in [3.63, 3.8) is 0 Å². The van der Waals surface area contributed by atoms with Crippen LogP contribution in [0.1, 0.15) is 31.9 Å². The molecule has 1 unspecified atom stereocenters. The molecule has 0 amide bonds. The highest BCUT2D eigenvalue weighted by molar-refractivity contribution is 7.90. The van der Waals surface area contributed by atoms with E-state index in [9.17, 15) is 18.3 Å². The van der Waals surface area contributed by atoms with Gasteiger partial charge < -0.3 is 5.11 Å².